The molecule has 1 fully saturated rings. The van der Waals surface area contributed by atoms with Crippen molar-refractivity contribution in [2.24, 2.45) is 0 Å². The monoisotopic (exact) mass is 353 g/mol. The Morgan fingerprint density at radius 3 is 2.84 bits per heavy atom. The van der Waals surface area contributed by atoms with E-state index in [4.69, 9.17) is 4.42 Å². The van der Waals surface area contributed by atoms with Crippen LogP contribution >= 0.6 is 11.3 Å². The first kappa shape index (κ1) is 16.0. The van der Waals surface area contributed by atoms with Gasteiger partial charge in [0.1, 0.15) is 0 Å². The minimum atomic E-state index is 0.0719. The third-order valence-corrected chi connectivity index (χ3v) is 5.39. The maximum Gasteiger partial charge on any atom is 0.257 e. The summed E-state index contributed by atoms with van der Waals surface area (Å²) in [5.74, 6) is 1.36. The standard InChI is InChI=1S/C19H19N3O2S/c1-13-6-8-14(9-7-13)19(23)22-10-2-4-15(12-22)17-20-21-18(24-17)16-5-3-11-25-16/h3,5-9,11,15H,2,4,10,12H2,1H3/t15-/m1/s1. The van der Waals surface area contributed by atoms with E-state index in [-0.39, 0.29) is 11.8 Å². The van der Waals surface area contributed by atoms with Gasteiger partial charge in [-0.05, 0) is 43.3 Å². The average molecular weight is 353 g/mol. The maximum absolute atomic E-state index is 12.7. The topological polar surface area (TPSA) is 59.2 Å². The maximum atomic E-state index is 12.7. The van der Waals surface area contributed by atoms with Crippen LogP contribution in [-0.2, 0) is 0 Å². The summed E-state index contributed by atoms with van der Waals surface area (Å²) in [6, 6.07) is 11.7. The summed E-state index contributed by atoms with van der Waals surface area (Å²) in [5, 5.41) is 10.4. The zero-order chi connectivity index (χ0) is 17.2. The molecule has 0 bridgehead atoms. The highest BCUT2D eigenvalue weighted by molar-refractivity contribution is 7.13. The van der Waals surface area contributed by atoms with Gasteiger partial charge in [-0.3, -0.25) is 4.79 Å². The van der Waals surface area contributed by atoms with E-state index < -0.39 is 0 Å². The fourth-order valence-corrected chi connectivity index (χ4v) is 3.79. The Labute approximate surface area is 150 Å². The Morgan fingerprint density at radius 1 is 1.24 bits per heavy atom. The lowest BCUT2D eigenvalue weighted by atomic mass is 9.97. The number of hydrogen-bond donors (Lipinski definition) is 0. The van der Waals surface area contributed by atoms with E-state index in [9.17, 15) is 4.79 Å². The lowest BCUT2D eigenvalue weighted by Crippen LogP contribution is -2.39. The number of hydrogen-bond acceptors (Lipinski definition) is 5. The summed E-state index contributed by atoms with van der Waals surface area (Å²) >= 11 is 1.58. The van der Waals surface area contributed by atoms with Crippen molar-refractivity contribution >= 4 is 17.2 Å². The molecule has 1 aromatic carbocycles. The Kier molecular flexibility index (Phi) is 4.36. The molecule has 1 aliphatic rings. The van der Waals surface area contributed by atoms with Gasteiger partial charge in [0.2, 0.25) is 5.89 Å². The van der Waals surface area contributed by atoms with Crippen LogP contribution in [-0.4, -0.2) is 34.1 Å². The van der Waals surface area contributed by atoms with E-state index in [1.165, 1.54) is 0 Å². The minimum Gasteiger partial charge on any atom is -0.420 e. The molecule has 3 aromatic rings. The van der Waals surface area contributed by atoms with Crippen LogP contribution in [0.5, 0.6) is 0 Å². The fourth-order valence-electron chi connectivity index (χ4n) is 3.14. The van der Waals surface area contributed by atoms with Crippen molar-refractivity contribution in [3.05, 3.63) is 58.8 Å². The first-order chi connectivity index (χ1) is 12.2. The van der Waals surface area contributed by atoms with Crippen molar-refractivity contribution in [2.75, 3.05) is 13.1 Å². The van der Waals surface area contributed by atoms with Gasteiger partial charge in [-0.15, -0.1) is 21.5 Å². The molecule has 0 radical (unpaired) electrons. The smallest absolute Gasteiger partial charge is 0.257 e. The van der Waals surface area contributed by atoms with E-state index >= 15 is 0 Å². The highest BCUT2D eigenvalue weighted by Crippen LogP contribution is 2.30. The van der Waals surface area contributed by atoms with E-state index in [2.05, 4.69) is 10.2 Å². The predicted octanol–water partition coefficient (Wildman–Crippen LogP) is 4.13. The summed E-state index contributed by atoms with van der Waals surface area (Å²) in [4.78, 5) is 15.6. The van der Waals surface area contributed by atoms with E-state index in [0.29, 0.717) is 18.3 Å². The third-order valence-electron chi connectivity index (χ3n) is 4.53. The molecule has 5 nitrogen and oxygen atoms in total. The van der Waals surface area contributed by atoms with Gasteiger partial charge in [0.15, 0.2) is 0 Å². The number of piperidine rings is 1. The lowest BCUT2D eigenvalue weighted by Gasteiger charge is -2.31. The number of aryl methyl sites for hydroxylation is 1. The number of nitrogens with zero attached hydrogens (tertiary/aromatic N) is 3. The van der Waals surface area contributed by atoms with Crippen LogP contribution in [0.15, 0.2) is 46.2 Å². The molecule has 1 saturated heterocycles. The van der Waals surface area contributed by atoms with Crippen LogP contribution < -0.4 is 0 Å². The van der Waals surface area contributed by atoms with Crippen LogP contribution in [0.1, 0.15) is 40.6 Å². The van der Waals surface area contributed by atoms with Crippen molar-refractivity contribution in [3.8, 4) is 10.8 Å². The van der Waals surface area contributed by atoms with Crippen molar-refractivity contribution < 1.29 is 9.21 Å². The van der Waals surface area contributed by atoms with Crippen LogP contribution in [0.25, 0.3) is 10.8 Å². The molecule has 25 heavy (non-hydrogen) atoms. The molecule has 6 heteroatoms. The minimum absolute atomic E-state index is 0.0719. The van der Waals surface area contributed by atoms with Gasteiger partial charge in [0, 0.05) is 18.7 Å². The van der Waals surface area contributed by atoms with Gasteiger partial charge in [0.25, 0.3) is 11.8 Å². The second-order valence-electron chi connectivity index (χ2n) is 6.38. The van der Waals surface area contributed by atoms with Crippen LogP contribution in [0.4, 0.5) is 0 Å². The highest BCUT2D eigenvalue weighted by Gasteiger charge is 2.29. The number of carbonyl (C=O) groups excluding carboxylic acids is 1. The van der Waals surface area contributed by atoms with Crippen LogP contribution in [0, 0.1) is 6.92 Å². The van der Waals surface area contributed by atoms with E-state index in [1.54, 1.807) is 11.3 Å². The van der Waals surface area contributed by atoms with Gasteiger partial charge in [0.05, 0.1) is 10.8 Å². The molecule has 1 aliphatic heterocycles. The van der Waals surface area contributed by atoms with Gasteiger partial charge < -0.3 is 9.32 Å². The van der Waals surface area contributed by atoms with Crippen molar-refractivity contribution in [2.45, 2.75) is 25.7 Å². The average Bonchev–Trinajstić information content (AvgIpc) is 3.33. The van der Waals surface area contributed by atoms with Gasteiger partial charge in [-0.25, -0.2) is 0 Å². The third kappa shape index (κ3) is 3.35. The number of aromatic nitrogens is 2. The predicted molar refractivity (Wildman–Crippen MR) is 96.7 cm³/mol. The quantitative estimate of drug-likeness (QED) is 0.710. The number of likely N-dealkylation sites (tertiary alicyclic amines) is 1. The first-order valence-corrected chi connectivity index (χ1v) is 9.32. The molecular formula is C19H19N3O2S. The zero-order valence-electron chi connectivity index (χ0n) is 14.0. The van der Waals surface area contributed by atoms with Gasteiger partial charge in [-0.1, -0.05) is 23.8 Å². The number of benzene rings is 1. The van der Waals surface area contributed by atoms with Crippen LogP contribution in [0.3, 0.4) is 0 Å². The molecular weight excluding hydrogens is 334 g/mol. The molecule has 1 amide bonds. The second kappa shape index (κ2) is 6.80. The Balaban J connectivity index is 1.49. The van der Waals surface area contributed by atoms with E-state index in [1.807, 2.05) is 53.6 Å². The fraction of sp³-hybridized carbons (Fsp3) is 0.316. The van der Waals surface area contributed by atoms with Crippen molar-refractivity contribution in [1.29, 1.82) is 0 Å². The number of carbonyl (C=O) groups is 1. The summed E-state index contributed by atoms with van der Waals surface area (Å²) in [5.41, 5.74) is 1.89. The molecule has 0 saturated carbocycles. The Bertz CT molecular complexity index is 855. The van der Waals surface area contributed by atoms with Crippen LogP contribution in [0.2, 0.25) is 0 Å². The Hall–Kier alpha value is -2.47. The SMILES string of the molecule is Cc1ccc(C(=O)N2CCC[C@@H](c3nnc(-c4cccs4)o3)C2)cc1. The first-order valence-electron chi connectivity index (χ1n) is 8.44. The molecule has 1 atom stereocenters. The Morgan fingerprint density at radius 2 is 2.08 bits per heavy atom. The zero-order valence-corrected chi connectivity index (χ0v) is 14.8. The molecule has 3 heterocycles. The second-order valence-corrected chi connectivity index (χ2v) is 7.33. The molecule has 2 aromatic heterocycles. The summed E-state index contributed by atoms with van der Waals surface area (Å²) in [7, 11) is 0. The highest BCUT2D eigenvalue weighted by atomic mass is 32.1. The molecule has 0 spiro atoms. The molecule has 4 rings (SSSR count). The summed E-state index contributed by atoms with van der Waals surface area (Å²) in [6.45, 7) is 3.42. The van der Waals surface area contributed by atoms with E-state index in [0.717, 1.165) is 35.4 Å². The number of amides is 1. The van der Waals surface area contributed by atoms with Crippen molar-refractivity contribution in [1.82, 2.24) is 15.1 Å². The number of thiophene rings is 1. The number of rotatable bonds is 3. The molecule has 128 valence electrons. The molecule has 0 N–H and O–H groups in total. The van der Waals surface area contributed by atoms with Gasteiger partial charge in [-0.2, -0.15) is 0 Å². The lowest BCUT2D eigenvalue weighted by molar-refractivity contribution is 0.0698. The van der Waals surface area contributed by atoms with Crippen molar-refractivity contribution in [3.63, 3.8) is 0 Å². The largest absolute Gasteiger partial charge is 0.420 e. The van der Waals surface area contributed by atoms with Gasteiger partial charge >= 0.3 is 0 Å². The summed E-state index contributed by atoms with van der Waals surface area (Å²) in [6.07, 6.45) is 1.91. The normalized spacial score (nSPS) is 17.6. The summed E-state index contributed by atoms with van der Waals surface area (Å²) < 4.78 is 5.87. The molecule has 0 aliphatic carbocycles. The molecule has 0 unspecified atom stereocenters.